The Hall–Kier alpha value is -0.650. The van der Waals surface area contributed by atoms with Crippen LogP contribution in [0, 0.1) is 0 Å². The van der Waals surface area contributed by atoms with E-state index >= 15 is 0 Å². The molecule has 2 unspecified atom stereocenters. The lowest BCUT2D eigenvalue weighted by atomic mass is 10.1. The smallest absolute Gasteiger partial charge is 0.220 e. The van der Waals surface area contributed by atoms with Crippen LogP contribution in [-0.2, 0) is 9.53 Å². The normalized spacial score (nSPS) is 26.3. The molecule has 0 spiro atoms. The lowest BCUT2D eigenvalue weighted by Gasteiger charge is -2.29. The fraction of sp³-hybridized carbons (Fsp3) is 0.929. The van der Waals surface area contributed by atoms with Gasteiger partial charge in [0, 0.05) is 38.1 Å². The Balaban J connectivity index is 1.57. The first-order valence-electron chi connectivity index (χ1n) is 7.57. The van der Waals surface area contributed by atoms with E-state index in [0.29, 0.717) is 12.5 Å². The molecular weight excluding hydrogens is 242 g/mol. The minimum Gasteiger partial charge on any atom is -0.379 e. The molecule has 0 aromatic heterocycles. The minimum atomic E-state index is 0.189. The van der Waals surface area contributed by atoms with Crippen LogP contribution in [0.4, 0.5) is 0 Å². The van der Waals surface area contributed by atoms with E-state index in [-0.39, 0.29) is 11.9 Å². The second-order valence-corrected chi connectivity index (χ2v) is 5.71. The van der Waals surface area contributed by atoms with Crippen molar-refractivity contribution in [1.82, 2.24) is 15.5 Å². The molecule has 110 valence electrons. The number of ether oxygens (including phenoxy) is 1. The Labute approximate surface area is 116 Å². The molecule has 0 aromatic rings. The summed E-state index contributed by atoms with van der Waals surface area (Å²) in [5.74, 6) is 0.189. The van der Waals surface area contributed by atoms with Gasteiger partial charge in [0.1, 0.15) is 0 Å². The lowest BCUT2D eigenvalue weighted by Crippen LogP contribution is -2.46. The van der Waals surface area contributed by atoms with Crippen LogP contribution in [0.2, 0.25) is 0 Å². The van der Waals surface area contributed by atoms with Gasteiger partial charge >= 0.3 is 0 Å². The molecule has 2 heterocycles. The SMILES string of the molecule is CC(CN1CCOCC1)NC(=O)CCC1CCCN1. The van der Waals surface area contributed by atoms with E-state index in [4.69, 9.17) is 4.74 Å². The van der Waals surface area contributed by atoms with Crippen molar-refractivity contribution in [2.45, 2.75) is 44.7 Å². The summed E-state index contributed by atoms with van der Waals surface area (Å²) in [7, 11) is 0. The molecule has 2 fully saturated rings. The van der Waals surface area contributed by atoms with E-state index < -0.39 is 0 Å². The van der Waals surface area contributed by atoms with E-state index in [2.05, 4.69) is 22.5 Å². The summed E-state index contributed by atoms with van der Waals surface area (Å²) >= 11 is 0. The third-order valence-electron chi connectivity index (χ3n) is 3.93. The van der Waals surface area contributed by atoms with Gasteiger partial charge in [0.15, 0.2) is 0 Å². The van der Waals surface area contributed by atoms with Crippen molar-refractivity contribution in [3.05, 3.63) is 0 Å². The maximum absolute atomic E-state index is 11.9. The molecule has 5 heteroatoms. The molecule has 2 atom stereocenters. The molecule has 0 aliphatic carbocycles. The highest BCUT2D eigenvalue weighted by Crippen LogP contribution is 2.10. The predicted molar refractivity (Wildman–Crippen MR) is 75.1 cm³/mol. The average Bonchev–Trinajstić information content (AvgIpc) is 2.90. The molecule has 0 radical (unpaired) electrons. The van der Waals surface area contributed by atoms with Gasteiger partial charge in [-0.1, -0.05) is 0 Å². The molecule has 2 aliphatic rings. The topological polar surface area (TPSA) is 53.6 Å². The molecular formula is C14H27N3O2. The van der Waals surface area contributed by atoms with E-state index in [9.17, 15) is 4.79 Å². The van der Waals surface area contributed by atoms with E-state index in [1.165, 1.54) is 12.8 Å². The van der Waals surface area contributed by atoms with Gasteiger partial charge < -0.3 is 15.4 Å². The van der Waals surface area contributed by atoms with Crippen LogP contribution in [0.25, 0.3) is 0 Å². The number of nitrogens with zero attached hydrogens (tertiary/aromatic N) is 1. The van der Waals surface area contributed by atoms with Crippen LogP contribution >= 0.6 is 0 Å². The molecule has 2 saturated heterocycles. The van der Waals surface area contributed by atoms with Crippen LogP contribution < -0.4 is 10.6 Å². The molecule has 19 heavy (non-hydrogen) atoms. The number of carbonyl (C=O) groups excluding carboxylic acids is 1. The summed E-state index contributed by atoms with van der Waals surface area (Å²) in [6.45, 7) is 7.71. The molecule has 0 saturated carbocycles. The fourth-order valence-electron chi connectivity index (χ4n) is 2.87. The van der Waals surface area contributed by atoms with E-state index in [0.717, 1.165) is 45.8 Å². The highest BCUT2D eigenvalue weighted by molar-refractivity contribution is 5.76. The van der Waals surface area contributed by atoms with Crippen molar-refractivity contribution in [2.75, 3.05) is 39.4 Å². The Morgan fingerprint density at radius 3 is 2.95 bits per heavy atom. The average molecular weight is 269 g/mol. The Kier molecular flexibility index (Phi) is 6.07. The largest absolute Gasteiger partial charge is 0.379 e. The van der Waals surface area contributed by atoms with E-state index in [1.54, 1.807) is 0 Å². The fourth-order valence-corrected chi connectivity index (χ4v) is 2.87. The molecule has 0 bridgehead atoms. The molecule has 2 rings (SSSR count). The zero-order chi connectivity index (χ0) is 13.5. The highest BCUT2D eigenvalue weighted by Gasteiger charge is 2.17. The van der Waals surface area contributed by atoms with Gasteiger partial charge in [-0.25, -0.2) is 0 Å². The van der Waals surface area contributed by atoms with Gasteiger partial charge in [-0.3, -0.25) is 9.69 Å². The zero-order valence-corrected chi connectivity index (χ0v) is 12.0. The van der Waals surface area contributed by atoms with Crippen molar-refractivity contribution in [3.63, 3.8) is 0 Å². The van der Waals surface area contributed by atoms with Gasteiger partial charge in [-0.05, 0) is 32.7 Å². The maximum atomic E-state index is 11.9. The van der Waals surface area contributed by atoms with Crippen LogP contribution in [0.1, 0.15) is 32.6 Å². The third-order valence-corrected chi connectivity index (χ3v) is 3.93. The van der Waals surface area contributed by atoms with Crippen molar-refractivity contribution in [3.8, 4) is 0 Å². The Morgan fingerprint density at radius 1 is 1.47 bits per heavy atom. The molecule has 2 N–H and O–H groups in total. The summed E-state index contributed by atoms with van der Waals surface area (Å²) in [6.07, 6.45) is 4.08. The summed E-state index contributed by atoms with van der Waals surface area (Å²) in [6, 6.07) is 0.780. The number of morpholine rings is 1. The van der Waals surface area contributed by atoms with Crippen molar-refractivity contribution >= 4 is 5.91 Å². The number of nitrogens with one attached hydrogen (secondary N) is 2. The second kappa shape index (κ2) is 7.82. The summed E-state index contributed by atoms with van der Waals surface area (Å²) in [5, 5.41) is 6.53. The standard InChI is InChI=1S/C14H27N3O2/c1-12(11-17-7-9-19-10-8-17)16-14(18)5-4-13-3-2-6-15-13/h12-13,15H,2-11H2,1H3,(H,16,18). The van der Waals surface area contributed by atoms with Gasteiger partial charge in [0.2, 0.25) is 5.91 Å². The number of hydrogen-bond acceptors (Lipinski definition) is 4. The number of carbonyl (C=O) groups is 1. The van der Waals surface area contributed by atoms with E-state index in [1.807, 2.05) is 0 Å². The highest BCUT2D eigenvalue weighted by atomic mass is 16.5. The maximum Gasteiger partial charge on any atom is 0.220 e. The molecule has 1 amide bonds. The first kappa shape index (κ1) is 14.8. The van der Waals surface area contributed by atoms with Crippen molar-refractivity contribution < 1.29 is 9.53 Å². The van der Waals surface area contributed by atoms with Crippen LogP contribution in [0.3, 0.4) is 0 Å². The van der Waals surface area contributed by atoms with Gasteiger partial charge in [-0.15, -0.1) is 0 Å². The van der Waals surface area contributed by atoms with Gasteiger partial charge in [0.25, 0.3) is 0 Å². The quantitative estimate of drug-likeness (QED) is 0.731. The lowest BCUT2D eigenvalue weighted by molar-refractivity contribution is -0.122. The summed E-state index contributed by atoms with van der Waals surface area (Å²) in [5.41, 5.74) is 0. The minimum absolute atomic E-state index is 0.189. The third kappa shape index (κ3) is 5.47. The van der Waals surface area contributed by atoms with Crippen LogP contribution in [-0.4, -0.2) is 62.3 Å². The monoisotopic (exact) mass is 269 g/mol. The Bertz CT molecular complexity index is 274. The Morgan fingerprint density at radius 2 is 2.26 bits per heavy atom. The number of amides is 1. The molecule has 2 aliphatic heterocycles. The first-order valence-corrected chi connectivity index (χ1v) is 7.57. The number of rotatable bonds is 6. The number of hydrogen-bond donors (Lipinski definition) is 2. The summed E-state index contributed by atoms with van der Waals surface area (Å²) in [4.78, 5) is 14.2. The molecule has 5 nitrogen and oxygen atoms in total. The van der Waals surface area contributed by atoms with Gasteiger partial charge in [-0.2, -0.15) is 0 Å². The summed E-state index contributed by atoms with van der Waals surface area (Å²) < 4.78 is 5.32. The zero-order valence-electron chi connectivity index (χ0n) is 12.0. The molecule has 0 aromatic carbocycles. The first-order chi connectivity index (χ1) is 9.24. The second-order valence-electron chi connectivity index (χ2n) is 5.71. The van der Waals surface area contributed by atoms with Gasteiger partial charge in [0.05, 0.1) is 13.2 Å². The van der Waals surface area contributed by atoms with Crippen LogP contribution in [0.15, 0.2) is 0 Å². The van der Waals surface area contributed by atoms with Crippen molar-refractivity contribution in [2.24, 2.45) is 0 Å². The van der Waals surface area contributed by atoms with Crippen molar-refractivity contribution in [1.29, 1.82) is 0 Å². The predicted octanol–water partition coefficient (Wildman–Crippen LogP) is 0.356. The van der Waals surface area contributed by atoms with Crippen LogP contribution in [0.5, 0.6) is 0 Å².